The van der Waals surface area contributed by atoms with Crippen molar-refractivity contribution in [3.05, 3.63) is 35.3 Å². The molecule has 4 heterocycles. The van der Waals surface area contributed by atoms with Crippen LogP contribution in [0.2, 0.25) is 0 Å². The number of imidazole rings is 1. The van der Waals surface area contributed by atoms with E-state index in [9.17, 15) is 18.0 Å². The molecule has 0 aliphatic heterocycles. The Balaban J connectivity index is 0.00000167. The number of fused-ring (bicyclic) bond motifs is 2. The number of rotatable bonds is 6. The number of halogens is 3. The summed E-state index contributed by atoms with van der Waals surface area (Å²) in [4.78, 5) is 30.2. The lowest BCUT2D eigenvalue weighted by Gasteiger charge is -2.08. The van der Waals surface area contributed by atoms with E-state index in [-0.39, 0.29) is 11.1 Å². The van der Waals surface area contributed by atoms with Gasteiger partial charge in [0.2, 0.25) is 0 Å². The highest BCUT2D eigenvalue weighted by molar-refractivity contribution is 7.99. The van der Waals surface area contributed by atoms with Crippen LogP contribution in [0.3, 0.4) is 0 Å². The van der Waals surface area contributed by atoms with Gasteiger partial charge in [-0.15, -0.1) is 11.8 Å². The number of amides is 1. The van der Waals surface area contributed by atoms with Crippen LogP contribution in [0.15, 0.2) is 23.5 Å². The van der Waals surface area contributed by atoms with Crippen molar-refractivity contribution < 1.29 is 22.8 Å². The third kappa shape index (κ3) is 4.96. The summed E-state index contributed by atoms with van der Waals surface area (Å²) in [5, 5.41) is 5.20. The average Bonchev–Trinajstić information content (AvgIpc) is 3.36. The second kappa shape index (κ2) is 10.6. The molecule has 0 saturated heterocycles. The molecule has 0 radical (unpaired) electrons. The molecular formula is C22H26F3N7O2S. The number of hydroxylamine groups is 1. The highest BCUT2D eigenvalue weighted by Crippen LogP contribution is 2.36. The number of carbonyl (C=O) groups is 1. The van der Waals surface area contributed by atoms with Gasteiger partial charge in [0.1, 0.15) is 16.4 Å². The number of aromatic nitrogens is 6. The number of thioether (sulfide) groups is 1. The Morgan fingerprint density at radius 2 is 1.86 bits per heavy atom. The number of hydrogen-bond donors (Lipinski definition) is 1. The van der Waals surface area contributed by atoms with Crippen molar-refractivity contribution >= 4 is 34.5 Å². The van der Waals surface area contributed by atoms with Gasteiger partial charge < -0.3 is 4.57 Å². The summed E-state index contributed by atoms with van der Waals surface area (Å²) in [6.45, 7) is 9.72. The minimum atomic E-state index is -4.52. The maximum absolute atomic E-state index is 13.2. The molecule has 0 atom stereocenters. The Morgan fingerprint density at radius 1 is 1.17 bits per heavy atom. The number of pyridine rings is 1. The van der Waals surface area contributed by atoms with E-state index in [0.29, 0.717) is 45.8 Å². The summed E-state index contributed by atoms with van der Waals surface area (Å²) in [5.74, 6) is 0.604. The van der Waals surface area contributed by atoms with Crippen LogP contribution in [0.1, 0.15) is 49.3 Å². The molecule has 1 N–H and O–H groups in total. The van der Waals surface area contributed by atoms with E-state index >= 15 is 0 Å². The number of alkyl halides is 3. The lowest BCUT2D eigenvalue weighted by atomic mass is 10.2. The molecule has 13 heteroatoms. The standard InChI is InChI=1S/C20H20F3N7O2S.C2H6/c1-5-32-28-18(31)12-9-25-16-14(19(33-6-2)27-30(16)10(12)3)17-26-13-7-11(20(21,22)23)8-24-15(13)29(17)4;1-2/h7-9H,5-6H2,1-4H3,(H,28,31);1-2H3. The normalized spacial score (nSPS) is 11.6. The SMILES string of the molecule is CC.CCONC(=O)c1cnc2c(-c3nc4cc(C(F)(F)F)cnc4n3C)c(SCC)nn2c1C. The number of hydrogen-bond acceptors (Lipinski definition) is 7. The van der Waals surface area contributed by atoms with Gasteiger partial charge in [-0.25, -0.2) is 24.9 Å². The van der Waals surface area contributed by atoms with E-state index in [1.165, 1.54) is 22.5 Å². The topological polar surface area (TPSA) is 99.2 Å². The van der Waals surface area contributed by atoms with E-state index in [2.05, 4.69) is 25.5 Å². The molecule has 4 aromatic rings. The van der Waals surface area contributed by atoms with Crippen LogP contribution < -0.4 is 5.48 Å². The van der Waals surface area contributed by atoms with Crippen LogP contribution in [0.4, 0.5) is 13.2 Å². The Bertz CT molecular complexity index is 1370. The minimum Gasteiger partial charge on any atom is -0.312 e. The molecule has 0 bridgehead atoms. The first-order chi connectivity index (χ1) is 16.7. The van der Waals surface area contributed by atoms with Crippen molar-refractivity contribution in [2.75, 3.05) is 12.4 Å². The van der Waals surface area contributed by atoms with Gasteiger partial charge in [-0.1, -0.05) is 20.8 Å². The molecule has 0 aliphatic rings. The van der Waals surface area contributed by atoms with Gasteiger partial charge in [0, 0.05) is 19.4 Å². The van der Waals surface area contributed by atoms with Crippen molar-refractivity contribution in [2.24, 2.45) is 7.05 Å². The molecule has 0 unspecified atom stereocenters. The van der Waals surface area contributed by atoms with Crippen molar-refractivity contribution in [1.82, 2.24) is 34.6 Å². The van der Waals surface area contributed by atoms with Crippen LogP contribution in [-0.2, 0) is 18.1 Å². The molecule has 35 heavy (non-hydrogen) atoms. The van der Waals surface area contributed by atoms with Crippen molar-refractivity contribution in [1.29, 1.82) is 0 Å². The summed E-state index contributed by atoms with van der Waals surface area (Å²) < 4.78 is 42.6. The lowest BCUT2D eigenvalue weighted by molar-refractivity contribution is -0.137. The third-order valence-electron chi connectivity index (χ3n) is 4.95. The predicted octanol–water partition coefficient (Wildman–Crippen LogP) is 4.82. The van der Waals surface area contributed by atoms with Gasteiger partial charge in [0.15, 0.2) is 11.3 Å². The number of nitrogens with one attached hydrogen (secondary N) is 1. The molecule has 4 rings (SSSR count). The maximum Gasteiger partial charge on any atom is 0.417 e. The second-order valence-corrected chi connectivity index (χ2v) is 8.28. The Labute approximate surface area is 204 Å². The van der Waals surface area contributed by atoms with E-state index in [1.807, 2.05) is 20.8 Å². The average molecular weight is 510 g/mol. The summed E-state index contributed by atoms with van der Waals surface area (Å²) in [6, 6.07) is 0.971. The van der Waals surface area contributed by atoms with Gasteiger partial charge in [-0.2, -0.15) is 18.3 Å². The molecule has 0 aliphatic carbocycles. The highest BCUT2D eigenvalue weighted by Gasteiger charge is 2.32. The van der Waals surface area contributed by atoms with E-state index in [0.717, 1.165) is 12.3 Å². The fraction of sp³-hybridized carbons (Fsp3) is 0.409. The third-order valence-corrected chi connectivity index (χ3v) is 5.80. The summed E-state index contributed by atoms with van der Waals surface area (Å²) >= 11 is 1.43. The smallest absolute Gasteiger partial charge is 0.312 e. The van der Waals surface area contributed by atoms with Crippen LogP contribution in [0, 0.1) is 6.92 Å². The minimum absolute atomic E-state index is 0.110. The number of carbonyl (C=O) groups excluding carboxylic acids is 1. The fourth-order valence-electron chi connectivity index (χ4n) is 3.38. The van der Waals surface area contributed by atoms with Crippen molar-refractivity contribution in [2.45, 2.75) is 45.8 Å². The van der Waals surface area contributed by atoms with Crippen LogP contribution >= 0.6 is 11.8 Å². The molecule has 0 saturated carbocycles. The molecule has 4 aromatic heterocycles. The monoisotopic (exact) mass is 509 g/mol. The molecule has 0 fully saturated rings. The largest absolute Gasteiger partial charge is 0.417 e. The Morgan fingerprint density at radius 3 is 2.49 bits per heavy atom. The molecular weight excluding hydrogens is 483 g/mol. The van der Waals surface area contributed by atoms with Gasteiger partial charge in [0.05, 0.1) is 29.0 Å². The van der Waals surface area contributed by atoms with Crippen molar-refractivity contribution in [3.63, 3.8) is 0 Å². The highest BCUT2D eigenvalue weighted by atomic mass is 32.2. The van der Waals surface area contributed by atoms with Gasteiger partial charge in [-0.05, 0) is 25.7 Å². The fourth-order valence-corrected chi connectivity index (χ4v) is 4.12. The van der Waals surface area contributed by atoms with Gasteiger partial charge >= 0.3 is 6.18 Å². The van der Waals surface area contributed by atoms with E-state index in [4.69, 9.17) is 4.84 Å². The lowest BCUT2D eigenvalue weighted by Crippen LogP contribution is -2.25. The second-order valence-electron chi connectivity index (χ2n) is 7.03. The number of nitrogens with zero attached hydrogens (tertiary/aromatic N) is 6. The molecule has 1 amide bonds. The van der Waals surface area contributed by atoms with Crippen LogP contribution in [-0.4, -0.2) is 47.4 Å². The molecule has 0 spiro atoms. The summed E-state index contributed by atoms with van der Waals surface area (Å²) in [5.41, 5.74) is 3.65. The summed E-state index contributed by atoms with van der Waals surface area (Å²) in [6.07, 6.45) is -2.33. The van der Waals surface area contributed by atoms with Gasteiger partial charge in [0.25, 0.3) is 5.91 Å². The quantitative estimate of drug-likeness (QED) is 0.294. The Kier molecular flexibility index (Phi) is 8.00. The van der Waals surface area contributed by atoms with Crippen LogP contribution in [0.25, 0.3) is 28.2 Å². The van der Waals surface area contributed by atoms with Crippen LogP contribution in [0.5, 0.6) is 0 Å². The molecule has 0 aromatic carbocycles. The first kappa shape index (κ1) is 26.4. The zero-order chi connectivity index (χ0) is 25.9. The zero-order valence-electron chi connectivity index (χ0n) is 20.2. The van der Waals surface area contributed by atoms with E-state index < -0.39 is 17.6 Å². The summed E-state index contributed by atoms with van der Waals surface area (Å²) in [7, 11) is 1.67. The molecule has 9 nitrogen and oxygen atoms in total. The van der Waals surface area contributed by atoms with Gasteiger partial charge in [-0.3, -0.25) is 9.63 Å². The predicted molar refractivity (Wildman–Crippen MR) is 127 cm³/mol. The first-order valence-corrected chi connectivity index (χ1v) is 12.0. The number of aryl methyl sites for hydroxylation is 2. The van der Waals surface area contributed by atoms with Crippen molar-refractivity contribution in [3.8, 4) is 11.4 Å². The first-order valence-electron chi connectivity index (χ1n) is 11.0. The molecule has 188 valence electrons. The zero-order valence-corrected chi connectivity index (χ0v) is 21.0. The maximum atomic E-state index is 13.2. The Hall–Kier alpha value is -3.19. The van der Waals surface area contributed by atoms with E-state index in [1.54, 1.807) is 25.5 Å².